The van der Waals surface area contributed by atoms with Crippen LogP contribution in [-0.4, -0.2) is 19.9 Å². The van der Waals surface area contributed by atoms with Crippen LogP contribution in [0.1, 0.15) is 19.3 Å². The number of nitro groups is 1. The highest BCUT2D eigenvalue weighted by atomic mass is 32.2. The van der Waals surface area contributed by atoms with Crippen molar-refractivity contribution in [1.29, 1.82) is 0 Å². The zero-order valence-electron chi connectivity index (χ0n) is 10.0. The van der Waals surface area contributed by atoms with E-state index in [1.807, 2.05) is 0 Å². The van der Waals surface area contributed by atoms with Crippen molar-refractivity contribution in [2.24, 2.45) is 5.92 Å². The molecule has 1 aliphatic carbocycles. The minimum absolute atomic E-state index is 0.232. The van der Waals surface area contributed by atoms with E-state index < -0.39 is 31.3 Å². The van der Waals surface area contributed by atoms with Gasteiger partial charge in [-0.2, -0.15) is 4.39 Å². The van der Waals surface area contributed by atoms with Gasteiger partial charge in [0.1, 0.15) is 0 Å². The van der Waals surface area contributed by atoms with Gasteiger partial charge in [0.05, 0.1) is 4.92 Å². The highest BCUT2D eigenvalue weighted by molar-refractivity contribution is 7.89. The van der Waals surface area contributed by atoms with E-state index in [-0.39, 0.29) is 12.5 Å². The van der Waals surface area contributed by atoms with Gasteiger partial charge in [-0.3, -0.25) is 10.1 Å². The second-order valence-electron chi connectivity index (χ2n) is 4.49. The van der Waals surface area contributed by atoms with E-state index in [2.05, 4.69) is 4.72 Å². The van der Waals surface area contributed by atoms with Gasteiger partial charge in [-0.05, 0) is 30.9 Å². The topological polar surface area (TPSA) is 89.3 Å². The SMILES string of the molecule is O=[N+]([O-])c1c(F)cccc1S(=O)(=O)NCC1CCC1. The van der Waals surface area contributed by atoms with Crippen molar-refractivity contribution < 1.29 is 17.7 Å². The quantitative estimate of drug-likeness (QED) is 0.661. The third-order valence-electron chi connectivity index (χ3n) is 3.21. The van der Waals surface area contributed by atoms with Gasteiger partial charge in [0.15, 0.2) is 4.90 Å². The van der Waals surface area contributed by atoms with Crippen LogP contribution in [0.25, 0.3) is 0 Å². The lowest BCUT2D eigenvalue weighted by Crippen LogP contribution is -2.32. The van der Waals surface area contributed by atoms with Crippen LogP contribution in [0.5, 0.6) is 0 Å². The highest BCUT2D eigenvalue weighted by Crippen LogP contribution is 2.28. The summed E-state index contributed by atoms with van der Waals surface area (Å²) in [6, 6.07) is 3.04. The number of nitro benzene ring substituents is 1. The van der Waals surface area contributed by atoms with Crippen LogP contribution in [0.3, 0.4) is 0 Å². The summed E-state index contributed by atoms with van der Waals surface area (Å²) in [6.07, 6.45) is 2.94. The largest absolute Gasteiger partial charge is 0.324 e. The molecule has 0 atom stereocenters. The molecule has 0 aliphatic heterocycles. The number of sulfonamides is 1. The third kappa shape index (κ3) is 2.90. The van der Waals surface area contributed by atoms with E-state index >= 15 is 0 Å². The normalized spacial score (nSPS) is 16.1. The third-order valence-corrected chi connectivity index (χ3v) is 4.66. The summed E-state index contributed by atoms with van der Waals surface area (Å²) in [6.45, 7) is 0.232. The fourth-order valence-corrected chi connectivity index (χ4v) is 3.19. The molecule has 6 nitrogen and oxygen atoms in total. The van der Waals surface area contributed by atoms with E-state index in [1.54, 1.807) is 0 Å². The standard InChI is InChI=1S/C11H13FN2O4S/c12-9-5-2-6-10(11(9)14(15)16)19(17,18)13-7-8-3-1-4-8/h2,5-6,8,13H,1,3-4,7H2. The van der Waals surface area contributed by atoms with E-state index in [0.717, 1.165) is 37.5 Å². The van der Waals surface area contributed by atoms with Crippen LogP contribution >= 0.6 is 0 Å². The van der Waals surface area contributed by atoms with Crippen molar-refractivity contribution in [3.63, 3.8) is 0 Å². The molecular weight excluding hydrogens is 275 g/mol. The van der Waals surface area contributed by atoms with Crippen LogP contribution in [0.4, 0.5) is 10.1 Å². The average Bonchev–Trinajstić information content (AvgIpc) is 2.25. The second kappa shape index (κ2) is 5.22. The van der Waals surface area contributed by atoms with Crippen molar-refractivity contribution in [2.45, 2.75) is 24.2 Å². The van der Waals surface area contributed by atoms with Crippen LogP contribution < -0.4 is 4.72 Å². The molecule has 104 valence electrons. The first kappa shape index (κ1) is 13.9. The summed E-state index contributed by atoms with van der Waals surface area (Å²) in [5.41, 5.74) is -1.01. The van der Waals surface area contributed by atoms with E-state index in [0.29, 0.717) is 0 Å². The van der Waals surface area contributed by atoms with Gasteiger partial charge in [0, 0.05) is 6.54 Å². The molecule has 0 unspecified atom stereocenters. The summed E-state index contributed by atoms with van der Waals surface area (Å²) >= 11 is 0. The van der Waals surface area contributed by atoms with Crippen molar-refractivity contribution in [3.05, 3.63) is 34.1 Å². The van der Waals surface area contributed by atoms with Gasteiger partial charge in [0.2, 0.25) is 15.8 Å². The Balaban J connectivity index is 2.28. The summed E-state index contributed by atoms with van der Waals surface area (Å²) in [4.78, 5) is 9.12. The maximum atomic E-state index is 13.4. The van der Waals surface area contributed by atoms with E-state index in [4.69, 9.17) is 0 Å². The fraction of sp³-hybridized carbons (Fsp3) is 0.455. The van der Waals surface area contributed by atoms with Crippen LogP contribution in [-0.2, 0) is 10.0 Å². The summed E-state index contributed by atoms with van der Waals surface area (Å²) in [5, 5.41) is 10.8. The molecule has 1 fully saturated rings. The molecule has 0 aromatic heterocycles. The first-order valence-electron chi connectivity index (χ1n) is 5.84. The summed E-state index contributed by atoms with van der Waals surface area (Å²) < 4.78 is 39.6. The molecular formula is C11H13FN2O4S. The Morgan fingerprint density at radius 1 is 1.42 bits per heavy atom. The lowest BCUT2D eigenvalue weighted by molar-refractivity contribution is -0.390. The number of rotatable bonds is 5. The number of hydrogen-bond donors (Lipinski definition) is 1. The molecule has 1 aliphatic rings. The Kier molecular flexibility index (Phi) is 3.81. The molecule has 0 heterocycles. The molecule has 1 aromatic carbocycles. The van der Waals surface area contributed by atoms with Crippen LogP contribution in [0.15, 0.2) is 23.1 Å². The number of halogens is 1. The Morgan fingerprint density at radius 2 is 2.11 bits per heavy atom. The van der Waals surface area contributed by atoms with Crippen molar-refractivity contribution in [1.82, 2.24) is 4.72 Å². The molecule has 19 heavy (non-hydrogen) atoms. The lowest BCUT2D eigenvalue weighted by Gasteiger charge is -2.25. The second-order valence-corrected chi connectivity index (χ2v) is 6.23. The molecule has 0 amide bonds. The number of para-hydroxylation sites is 1. The number of hydrogen-bond acceptors (Lipinski definition) is 4. The molecule has 1 aromatic rings. The maximum absolute atomic E-state index is 13.4. The van der Waals surface area contributed by atoms with Crippen LogP contribution in [0.2, 0.25) is 0 Å². The first-order chi connectivity index (χ1) is 8.92. The lowest BCUT2D eigenvalue weighted by atomic mass is 9.86. The van der Waals surface area contributed by atoms with Gasteiger partial charge in [-0.15, -0.1) is 0 Å². The summed E-state index contributed by atoms with van der Waals surface area (Å²) in [5.74, 6) is -0.890. The number of benzene rings is 1. The monoisotopic (exact) mass is 288 g/mol. The van der Waals surface area contributed by atoms with Crippen molar-refractivity contribution >= 4 is 15.7 Å². The predicted molar refractivity (Wildman–Crippen MR) is 65.6 cm³/mol. The van der Waals surface area contributed by atoms with Gasteiger partial charge >= 0.3 is 5.69 Å². The predicted octanol–water partition coefficient (Wildman–Crippen LogP) is 1.81. The minimum atomic E-state index is -4.06. The number of nitrogens with zero attached hydrogens (tertiary/aromatic N) is 1. The maximum Gasteiger partial charge on any atom is 0.324 e. The molecule has 0 radical (unpaired) electrons. The zero-order chi connectivity index (χ0) is 14.0. The molecule has 0 saturated heterocycles. The smallest absolute Gasteiger partial charge is 0.258 e. The Labute approximate surface area is 109 Å². The zero-order valence-corrected chi connectivity index (χ0v) is 10.8. The van der Waals surface area contributed by atoms with Gasteiger partial charge in [-0.25, -0.2) is 13.1 Å². The molecule has 8 heteroatoms. The molecule has 2 rings (SSSR count). The fourth-order valence-electron chi connectivity index (χ4n) is 1.89. The van der Waals surface area contributed by atoms with Crippen molar-refractivity contribution in [3.8, 4) is 0 Å². The van der Waals surface area contributed by atoms with E-state index in [9.17, 15) is 22.9 Å². The Bertz CT molecular complexity index is 599. The van der Waals surface area contributed by atoms with Crippen LogP contribution in [0, 0.1) is 21.8 Å². The first-order valence-corrected chi connectivity index (χ1v) is 7.32. The Hall–Kier alpha value is -1.54. The van der Waals surface area contributed by atoms with Gasteiger partial charge in [-0.1, -0.05) is 12.5 Å². The highest BCUT2D eigenvalue weighted by Gasteiger charge is 2.30. The Morgan fingerprint density at radius 3 is 2.63 bits per heavy atom. The molecule has 1 N–H and O–H groups in total. The summed E-state index contributed by atoms with van der Waals surface area (Å²) in [7, 11) is -4.06. The molecule has 0 spiro atoms. The number of nitrogens with one attached hydrogen (secondary N) is 1. The molecule has 0 bridgehead atoms. The average molecular weight is 288 g/mol. The van der Waals surface area contributed by atoms with Crippen molar-refractivity contribution in [2.75, 3.05) is 6.54 Å². The molecule has 1 saturated carbocycles. The minimum Gasteiger partial charge on any atom is -0.258 e. The van der Waals surface area contributed by atoms with E-state index in [1.165, 1.54) is 0 Å². The van der Waals surface area contributed by atoms with Gasteiger partial charge < -0.3 is 0 Å². The van der Waals surface area contributed by atoms with Gasteiger partial charge in [0.25, 0.3) is 0 Å².